The lowest BCUT2D eigenvalue weighted by atomic mass is 9.97. The Kier molecular flexibility index (Phi) is 11.4. The van der Waals surface area contributed by atoms with Crippen molar-refractivity contribution in [1.82, 2.24) is 19.8 Å². The number of imidazole rings is 1. The van der Waals surface area contributed by atoms with Gasteiger partial charge in [-0.15, -0.1) is 0 Å². The van der Waals surface area contributed by atoms with E-state index < -0.39 is 11.0 Å². The van der Waals surface area contributed by atoms with E-state index in [0.717, 1.165) is 28.3 Å². The molecule has 0 saturated heterocycles. The largest absolute Gasteiger partial charge is 0.351 e. The number of hydrogen-bond acceptors (Lipinski definition) is 5. The van der Waals surface area contributed by atoms with Crippen molar-refractivity contribution >= 4 is 63.1 Å². The second-order valence-electron chi connectivity index (χ2n) is 11.7. The van der Waals surface area contributed by atoms with E-state index in [0.29, 0.717) is 17.3 Å². The molecule has 1 N–H and O–H groups in total. The lowest BCUT2D eigenvalue weighted by Crippen LogP contribution is -2.49. The van der Waals surface area contributed by atoms with Gasteiger partial charge in [0, 0.05) is 54.7 Å². The quantitative estimate of drug-likeness (QED) is 0.0977. The van der Waals surface area contributed by atoms with E-state index in [1.807, 2.05) is 60.9 Å². The number of halogens is 3. The highest BCUT2D eigenvalue weighted by Crippen LogP contribution is 2.31. The number of benzene rings is 4. The number of nitrogens with one attached hydrogen (secondary N) is 1. The van der Waals surface area contributed by atoms with Crippen molar-refractivity contribution in [3.63, 3.8) is 0 Å². The first-order chi connectivity index (χ1) is 23.0. The molecule has 48 heavy (non-hydrogen) atoms. The minimum absolute atomic E-state index is 0.00801. The number of carbonyl (C=O) groups is 2. The predicted molar refractivity (Wildman–Crippen MR) is 190 cm³/mol. The molecular formula is C36H34Cl3N5O4. The van der Waals surface area contributed by atoms with Gasteiger partial charge in [0.05, 0.1) is 33.3 Å². The van der Waals surface area contributed by atoms with Crippen LogP contribution < -0.4 is 5.32 Å². The van der Waals surface area contributed by atoms with E-state index in [4.69, 9.17) is 34.8 Å². The third kappa shape index (κ3) is 8.34. The van der Waals surface area contributed by atoms with E-state index in [2.05, 4.69) is 10.3 Å². The van der Waals surface area contributed by atoms with Gasteiger partial charge in [0.1, 0.15) is 0 Å². The number of fused-ring (bicyclic) bond motifs is 1. The van der Waals surface area contributed by atoms with Gasteiger partial charge in [0.15, 0.2) is 0 Å². The molecule has 248 valence electrons. The molecule has 0 saturated carbocycles. The highest BCUT2D eigenvalue weighted by atomic mass is 35.5. The average Bonchev–Trinajstić information content (AvgIpc) is 3.49. The van der Waals surface area contributed by atoms with Crippen LogP contribution in [0.4, 0.5) is 5.69 Å². The summed E-state index contributed by atoms with van der Waals surface area (Å²) < 4.78 is 1.83. The summed E-state index contributed by atoms with van der Waals surface area (Å²) in [5.74, 6) is -0.595. The van der Waals surface area contributed by atoms with E-state index in [1.165, 1.54) is 24.3 Å². The fourth-order valence-electron chi connectivity index (χ4n) is 5.63. The molecule has 0 aliphatic carbocycles. The highest BCUT2D eigenvalue weighted by molar-refractivity contribution is 6.42. The van der Waals surface area contributed by atoms with Gasteiger partial charge >= 0.3 is 0 Å². The highest BCUT2D eigenvalue weighted by Gasteiger charge is 2.28. The SMILES string of the molecule is CC[C@H](C)[C@@H](CN(Cc1cccc2ccccc12)C(=O)c1c(Cl)cc(Cl)cc1Cl)NC(=O)Cc1cncn1Cc1ccc([N+](=O)[O-])cc1. The third-order valence-corrected chi connectivity index (χ3v) is 9.30. The predicted octanol–water partition coefficient (Wildman–Crippen LogP) is 8.37. The molecule has 5 rings (SSSR count). The molecule has 0 radical (unpaired) electrons. The first-order valence-electron chi connectivity index (χ1n) is 15.5. The normalized spacial score (nSPS) is 12.4. The smallest absolute Gasteiger partial charge is 0.269 e. The fourth-order valence-corrected chi connectivity index (χ4v) is 6.61. The zero-order chi connectivity index (χ0) is 34.4. The van der Waals surface area contributed by atoms with Gasteiger partial charge in [0.2, 0.25) is 5.91 Å². The van der Waals surface area contributed by atoms with Crippen LogP contribution in [0.5, 0.6) is 0 Å². The monoisotopic (exact) mass is 705 g/mol. The molecular weight excluding hydrogens is 673 g/mol. The van der Waals surface area contributed by atoms with Crippen LogP contribution in [-0.4, -0.2) is 43.8 Å². The summed E-state index contributed by atoms with van der Waals surface area (Å²) in [5, 5.41) is 16.9. The standard InChI is InChI=1S/C36H34Cl3N5O4/c1-3-23(2)33(41-34(45)17-29-18-40-22-43(29)19-24-11-13-28(14-12-24)44(47)48)21-42(36(46)35-31(38)15-27(37)16-32(35)39)20-26-9-6-8-25-7-4-5-10-30(25)26/h4-16,18,22-23,33H,3,17,19-21H2,1-2H3,(H,41,45)/t23-,33+/m0/s1. The molecule has 2 atom stereocenters. The number of carbonyl (C=O) groups excluding carboxylic acids is 2. The second kappa shape index (κ2) is 15.6. The maximum atomic E-state index is 14.3. The van der Waals surface area contributed by atoms with Gasteiger partial charge in [-0.3, -0.25) is 19.7 Å². The van der Waals surface area contributed by atoms with Gasteiger partial charge in [-0.05, 0) is 39.9 Å². The Balaban J connectivity index is 1.39. The van der Waals surface area contributed by atoms with Crippen LogP contribution in [0.25, 0.3) is 10.8 Å². The van der Waals surface area contributed by atoms with Crippen molar-refractivity contribution in [1.29, 1.82) is 0 Å². The van der Waals surface area contributed by atoms with Crippen molar-refractivity contribution in [3.8, 4) is 0 Å². The Morgan fingerprint density at radius 1 is 1.00 bits per heavy atom. The number of amides is 2. The first kappa shape index (κ1) is 34.9. The van der Waals surface area contributed by atoms with Crippen molar-refractivity contribution < 1.29 is 14.5 Å². The zero-order valence-electron chi connectivity index (χ0n) is 26.4. The Morgan fingerprint density at radius 3 is 2.38 bits per heavy atom. The molecule has 0 fully saturated rings. The number of hydrogen-bond donors (Lipinski definition) is 1. The van der Waals surface area contributed by atoms with E-state index >= 15 is 0 Å². The zero-order valence-corrected chi connectivity index (χ0v) is 28.7. The lowest BCUT2D eigenvalue weighted by molar-refractivity contribution is -0.384. The summed E-state index contributed by atoms with van der Waals surface area (Å²) in [6.45, 7) is 4.91. The molecule has 0 unspecified atom stereocenters. The Hall–Kier alpha value is -4.44. The maximum Gasteiger partial charge on any atom is 0.269 e. The minimum atomic E-state index is -0.445. The van der Waals surface area contributed by atoms with Crippen LogP contribution >= 0.6 is 34.8 Å². The summed E-state index contributed by atoms with van der Waals surface area (Å²) in [5.41, 5.74) is 2.60. The molecule has 0 aliphatic rings. The van der Waals surface area contributed by atoms with Gasteiger partial charge in [0.25, 0.3) is 11.6 Å². The van der Waals surface area contributed by atoms with Crippen molar-refractivity contribution in [3.05, 3.63) is 139 Å². The molecule has 0 aliphatic heterocycles. The summed E-state index contributed by atoms with van der Waals surface area (Å²) >= 11 is 19.2. The molecule has 9 nitrogen and oxygen atoms in total. The number of nitro benzene ring substituents is 1. The molecule has 4 aromatic carbocycles. The van der Waals surface area contributed by atoms with Crippen LogP contribution in [-0.2, 0) is 24.3 Å². The molecule has 0 bridgehead atoms. The summed E-state index contributed by atoms with van der Waals surface area (Å²) in [4.78, 5) is 44.3. The molecule has 2 amide bonds. The number of rotatable bonds is 13. The molecule has 12 heteroatoms. The lowest BCUT2D eigenvalue weighted by Gasteiger charge is -2.32. The van der Waals surface area contributed by atoms with Crippen molar-refractivity contribution in [2.75, 3.05) is 6.54 Å². The van der Waals surface area contributed by atoms with Crippen LogP contribution in [0.2, 0.25) is 15.1 Å². The number of nitro groups is 1. The van der Waals surface area contributed by atoms with Gasteiger partial charge in [-0.2, -0.15) is 0 Å². The number of aromatic nitrogens is 2. The Bertz CT molecular complexity index is 1920. The van der Waals surface area contributed by atoms with Crippen molar-refractivity contribution in [2.24, 2.45) is 5.92 Å². The average molecular weight is 707 g/mol. The number of non-ortho nitro benzene ring substituents is 1. The Labute approximate surface area is 293 Å². The van der Waals surface area contributed by atoms with E-state index in [9.17, 15) is 19.7 Å². The Morgan fingerprint density at radius 2 is 1.69 bits per heavy atom. The molecule has 5 aromatic rings. The van der Waals surface area contributed by atoms with Crippen LogP contribution in [0, 0.1) is 16.0 Å². The second-order valence-corrected chi connectivity index (χ2v) is 13.0. The maximum absolute atomic E-state index is 14.3. The number of nitrogens with zero attached hydrogens (tertiary/aromatic N) is 4. The minimum Gasteiger partial charge on any atom is -0.351 e. The van der Waals surface area contributed by atoms with Gasteiger partial charge in [-0.25, -0.2) is 4.98 Å². The van der Waals surface area contributed by atoms with Crippen LogP contribution in [0.1, 0.15) is 47.4 Å². The molecule has 1 heterocycles. The summed E-state index contributed by atoms with van der Waals surface area (Å²) in [6, 6.07) is 22.8. The van der Waals surface area contributed by atoms with Gasteiger partial charge < -0.3 is 14.8 Å². The molecule has 0 spiro atoms. The summed E-state index contributed by atoms with van der Waals surface area (Å²) in [6.07, 6.45) is 4.05. The topological polar surface area (TPSA) is 110 Å². The third-order valence-electron chi connectivity index (χ3n) is 8.48. The first-order valence-corrected chi connectivity index (χ1v) is 16.6. The fraction of sp³-hybridized carbons (Fsp3) is 0.250. The molecule has 1 aromatic heterocycles. The van der Waals surface area contributed by atoms with Gasteiger partial charge in [-0.1, -0.05) is 110 Å². The van der Waals surface area contributed by atoms with E-state index in [1.54, 1.807) is 29.6 Å². The van der Waals surface area contributed by atoms with Crippen LogP contribution in [0.15, 0.2) is 91.4 Å². The van der Waals surface area contributed by atoms with E-state index in [-0.39, 0.29) is 58.5 Å². The summed E-state index contributed by atoms with van der Waals surface area (Å²) in [7, 11) is 0. The van der Waals surface area contributed by atoms with Crippen molar-refractivity contribution in [2.45, 2.75) is 45.8 Å². The van der Waals surface area contributed by atoms with Crippen LogP contribution in [0.3, 0.4) is 0 Å².